The van der Waals surface area contributed by atoms with Crippen LogP contribution in [0, 0.1) is 23.7 Å². The van der Waals surface area contributed by atoms with E-state index >= 15 is 0 Å². The molecule has 0 bridgehead atoms. The number of carbonyl (C=O) groups excluding carboxylic acids is 4. The first-order valence-electron chi connectivity index (χ1n) is 13.6. The van der Waals surface area contributed by atoms with E-state index in [0.717, 1.165) is 0 Å². The molecule has 12 heteroatoms. The van der Waals surface area contributed by atoms with Gasteiger partial charge in [-0.1, -0.05) is 0 Å². The normalized spacial score (nSPS) is 34.5. The molecule has 0 aromatic rings. The molecular formula is C26H36O12. The zero-order valence-corrected chi connectivity index (χ0v) is 21.4. The van der Waals surface area contributed by atoms with Crippen LogP contribution in [-0.4, -0.2) is 101 Å². The third kappa shape index (κ3) is 8.36. The molecule has 0 aromatic heterocycles. The van der Waals surface area contributed by atoms with Gasteiger partial charge in [0.25, 0.3) is 0 Å². The lowest BCUT2D eigenvalue weighted by atomic mass is 9.68. The number of ether oxygens (including phenoxy) is 8. The summed E-state index contributed by atoms with van der Waals surface area (Å²) in [7, 11) is 0. The standard InChI is InChI=1S/C26H36O12/c27-23(31-5-1-15-11-35-15)19-9-21(25(29)33-7-3-17-13-37-17)22(26(30)34-8-4-18-14-38-18)10-20(19)24(28)32-6-2-16-12-36-16/h15-22H,1-14H2. The molecule has 0 spiro atoms. The van der Waals surface area contributed by atoms with Gasteiger partial charge in [-0.2, -0.15) is 0 Å². The second kappa shape index (κ2) is 12.7. The minimum Gasteiger partial charge on any atom is -0.465 e. The molecule has 4 aliphatic heterocycles. The molecule has 0 radical (unpaired) electrons. The molecule has 5 rings (SSSR count). The Kier molecular flexibility index (Phi) is 9.13. The van der Waals surface area contributed by atoms with Gasteiger partial charge in [-0.25, -0.2) is 0 Å². The molecule has 4 heterocycles. The van der Waals surface area contributed by atoms with Crippen molar-refractivity contribution in [3.05, 3.63) is 0 Å². The van der Waals surface area contributed by atoms with E-state index in [9.17, 15) is 19.2 Å². The third-order valence-electron chi connectivity index (χ3n) is 7.54. The van der Waals surface area contributed by atoms with E-state index < -0.39 is 47.5 Å². The fourth-order valence-corrected chi connectivity index (χ4v) is 4.78. The Hall–Kier alpha value is -2.28. The SMILES string of the molecule is O=C(OCCC1CO1)C1CC(C(=O)OCCC2CO2)C(C(=O)OCCC2CO2)CC1C(=O)OCCC1CO1. The van der Waals surface area contributed by atoms with Gasteiger partial charge in [0.2, 0.25) is 0 Å². The summed E-state index contributed by atoms with van der Waals surface area (Å²) in [4.78, 5) is 52.5. The highest BCUT2D eigenvalue weighted by Gasteiger charge is 2.51. The van der Waals surface area contributed by atoms with Gasteiger partial charge >= 0.3 is 23.9 Å². The lowest BCUT2D eigenvalue weighted by Crippen LogP contribution is -2.47. The van der Waals surface area contributed by atoms with E-state index in [1.54, 1.807) is 0 Å². The fourth-order valence-electron chi connectivity index (χ4n) is 4.78. The van der Waals surface area contributed by atoms with Crippen LogP contribution in [0.2, 0.25) is 0 Å². The van der Waals surface area contributed by atoms with Gasteiger partial charge in [0.15, 0.2) is 0 Å². The summed E-state index contributed by atoms with van der Waals surface area (Å²) in [5, 5.41) is 0. The van der Waals surface area contributed by atoms with Crippen molar-refractivity contribution in [2.45, 2.75) is 62.9 Å². The molecule has 4 saturated heterocycles. The number of rotatable bonds is 16. The van der Waals surface area contributed by atoms with Crippen molar-refractivity contribution in [1.29, 1.82) is 0 Å². The van der Waals surface area contributed by atoms with E-state index in [1.165, 1.54) is 0 Å². The largest absolute Gasteiger partial charge is 0.465 e. The van der Waals surface area contributed by atoms with Gasteiger partial charge in [0.1, 0.15) is 0 Å². The first-order chi connectivity index (χ1) is 18.5. The van der Waals surface area contributed by atoms with E-state index in [4.69, 9.17) is 37.9 Å². The number of carbonyl (C=O) groups is 4. The Morgan fingerprint density at radius 1 is 0.447 bits per heavy atom. The topological polar surface area (TPSA) is 155 Å². The number of hydrogen-bond donors (Lipinski definition) is 0. The van der Waals surface area contributed by atoms with Crippen molar-refractivity contribution in [2.24, 2.45) is 23.7 Å². The van der Waals surface area contributed by atoms with Crippen LogP contribution in [-0.2, 0) is 57.1 Å². The third-order valence-corrected chi connectivity index (χ3v) is 7.54. The zero-order valence-electron chi connectivity index (χ0n) is 21.4. The first kappa shape index (κ1) is 27.3. The Morgan fingerprint density at radius 2 is 0.658 bits per heavy atom. The molecule has 8 unspecified atom stereocenters. The van der Waals surface area contributed by atoms with Gasteiger partial charge in [0, 0.05) is 25.7 Å². The highest BCUT2D eigenvalue weighted by molar-refractivity contribution is 5.87. The highest BCUT2D eigenvalue weighted by atomic mass is 16.6. The smallest absolute Gasteiger partial charge is 0.309 e. The average molecular weight is 541 g/mol. The summed E-state index contributed by atoms with van der Waals surface area (Å²) in [6, 6.07) is 0. The maximum Gasteiger partial charge on any atom is 0.309 e. The van der Waals surface area contributed by atoms with Crippen molar-refractivity contribution in [2.75, 3.05) is 52.9 Å². The molecule has 1 saturated carbocycles. The van der Waals surface area contributed by atoms with Crippen LogP contribution < -0.4 is 0 Å². The van der Waals surface area contributed by atoms with Gasteiger partial charge in [-0.3, -0.25) is 19.2 Å². The Morgan fingerprint density at radius 3 is 0.842 bits per heavy atom. The van der Waals surface area contributed by atoms with E-state index in [2.05, 4.69) is 0 Å². The Labute approximate surface area is 220 Å². The van der Waals surface area contributed by atoms with E-state index in [1.807, 2.05) is 0 Å². The molecule has 1 aliphatic carbocycles. The molecule has 0 amide bonds. The van der Waals surface area contributed by atoms with E-state index in [0.29, 0.717) is 52.1 Å². The minimum atomic E-state index is -0.951. The molecule has 212 valence electrons. The second-order valence-electron chi connectivity index (χ2n) is 10.5. The van der Waals surface area contributed by atoms with Crippen LogP contribution >= 0.6 is 0 Å². The van der Waals surface area contributed by atoms with E-state index in [-0.39, 0.29) is 63.7 Å². The quantitative estimate of drug-likeness (QED) is 0.153. The van der Waals surface area contributed by atoms with Crippen molar-refractivity contribution >= 4 is 23.9 Å². The van der Waals surface area contributed by atoms with Gasteiger partial charge in [-0.05, 0) is 12.8 Å². The first-order valence-corrected chi connectivity index (χ1v) is 13.6. The van der Waals surface area contributed by atoms with Gasteiger partial charge in [0.05, 0.1) is 101 Å². The maximum absolute atomic E-state index is 13.1. The summed E-state index contributed by atoms with van der Waals surface area (Å²) >= 11 is 0. The highest BCUT2D eigenvalue weighted by Crippen LogP contribution is 2.41. The lowest BCUT2D eigenvalue weighted by Gasteiger charge is -2.37. The Balaban J connectivity index is 1.25. The predicted molar refractivity (Wildman–Crippen MR) is 124 cm³/mol. The van der Waals surface area contributed by atoms with Crippen LogP contribution in [0.5, 0.6) is 0 Å². The van der Waals surface area contributed by atoms with Crippen LogP contribution in [0.3, 0.4) is 0 Å². The minimum absolute atomic E-state index is 0.0749. The zero-order chi connectivity index (χ0) is 26.5. The Bertz CT molecular complexity index is 722. The number of esters is 4. The summed E-state index contributed by atoms with van der Waals surface area (Å²) in [6.45, 7) is 3.12. The van der Waals surface area contributed by atoms with Crippen LogP contribution in [0.1, 0.15) is 38.5 Å². The van der Waals surface area contributed by atoms with Gasteiger partial charge < -0.3 is 37.9 Å². The second-order valence-corrected chi connectivity index (χ2v) is 10.5. The summed E-state index contributed by atoms with van der Waals surface area (Å²) < 4.78 is 42.5. The molecule has 5 aliphatic rings. The van der Waals surface area contributed by atoms with Gasteiger partial charge in [-0.15, -0.1) is 0 Å². The molecule has 8 atom stereocenters. The summed E-state index contributed by atoms with van der Waals surface area (Å²) in [5.41, 5.74) is 0. The molecule has 5 fully saturated rings. The molecular weight excluding hydrogens is 504 g/mol. The average Bonchev–Trinajstić information content (AvgIpc) is 3.72. The van der Waals surface area contributed by atoms with Crippen molar-refractivity contribution in [3.8, 4) is 0 Å². The van der Waals surface area contributed by atoms with Crippen molar-refractivity contribution in [3.63, 3.8) is 0 Å². The molecule has 0 aromatic carbocycles. The van der Waals surface area contributed by atoms with Crippen LogP contribution in [0.4, 0.5) is 0 Å². The summed E-state index contributed by atoms with van der Waals surface area (Å²) in [5.74, 6) is -6.19. The molecule has 0 N–H and O–H groups in total. The molecule has 12 nitrogen and oxygen atoms in total. The number of epoxide rings is 4. The summed E-state index contributed by atoms with van der Waals surface area (Å²) in [6.07, 6.45) is 2.41. The predicted octanol–water partition coefficient (Wildman–Crippen LogP) is 0.573. The fraction of sp³-hybridized carbons (Fsp3) is 0.846. The monoisotopic (exact) mass is 540 g/mol. The van der Waals surface area contributed by atoms with Crippen molar-refractivity contribution in [1.82, 2.24) is 0 Å². The van der Waals surface area contributed by atoms with Crippen LogP contribution in [0.15, 0.2) is 0 Å². The van der Waals surface area contributed by atoms with Crippen molar-refractivity contribution < 1.29 is 57.1 Å². The molecule has 38 heavy (non-hydrogen) atoms. The van der Waals surface area contributed by atoms with Crippen LogP contribution in [0.25, 0.3) is 0 Å². The lowest BCUT2D eigenvalue weighted by molar-refractivity contribution is -0.175. The maximum atomic E-state index is 13.1. The number of hydrogen-bond acceptors (Lipinski definition) is 12.